The van der Waals surface area contributed by atoms with E-state index in [9.17, 15) is 14.4 Å². The first-order valence-corrected chi connectivity index (χ1v) is 11.3. The van der Waals surface area contributed by atoms with Gasteiger partial charge in [0.05, 0.1) is 16.8 Å². The summed E-state index contributed by atoms with van der Waals surface area (Å²) in [5.41, 5.74) is 3.65. The van der Waals surface area contributed by atoms with E-state index in [0.717, 1.165) is 18.4 Å². The van der Waals surface area contributed by atoms with Gasteiger partial charge in [-0.05, 0) is 45.7 Å². The van der Waals surface area contributed by atoms with Crippen molar-refractivity contribution in [2.45, 2.75) is 46.1 Å². The zero-order valence-electron chi connectivity index (χ0n) is 19.0. The van der Waals surface area contributed by atoms with Gasteiger partial charge in [0.15, 0.2) is 22.9 Å². The number of aromatic nitrogens is 3. The van der Waals surface area contributed by atoms with Gasteiger partial charge in [-0.1, -0.05) is 11.6 Å². The maximum absolute atomic E-state index is 13.3. The predicted molar refractivity (Wildman–Crippen MR) is 121 cm³/mol. The molecule has 0 bridgehead atoms. The Labute approximate surface area is 191 Å². The number of ether oxygens (including phenoxy) is 1. The first kappa shape index (κ1) is 21.3. The molecule has 4 heterocycles. The van der Waals surface area contributed by atoms with Crippen LogP contribution in [-0.2, 0) is 0 Å². The smallest absolute Gasteiger partial charge is 0.274 e. The molecule has 0 aliphatic carbocycles. The van der Waals surface area contributed by atoms with Crippen LogP contribution in [-0.4, -0.2) is 56.2 Å². The van der Waals surface area contributed by atoms with Crippen LogP contribution in [0.4, 0.5) is 0 Å². The molecule has 33 heavy (non-hydrogen) atoms. The Morgan fingerprint density at radius 2 is 2.00 bits per heavy atom. The van der Waals surface area contributed by atoms with E-state index in [1.807, 2.05) is 25.1 Å². The van der Waals surface area contributed by atoms with Crippen molar-refractivity contribution in [2.24, 2.45) is 5.92 Å². The van der Waals surface area contributed by atoms with Gasteiger partial charge in [-0.25, -0.2) is 9.50 Å². The molecule has 0 spiro atoms. The lowest BCUT2D eigenvalue weighted by molar-refractivity contribution is 0.0405. The molecule has 0 radical (unpaired) electrons. The van der Waals surface area contributed by atoms with Crippen LogP contribution >= 0.6 is 0 Å². The van der Waals surface area contributed by atoms with Crippen molar-refractivity contribution in [1.29, 1.82) is 0 Å². The molecule has 1 saturated heterocycles. The van der Waals surface area contributed by atoms with Gasteiger partial charge < -0.3 is 9.64 Å². The van der Waals surface area contributed by atoms with Crippen molar-refractivity contribution < 1.29 is 19.1 Å². The van der Waals surface area contributed by atoms with E-state index >= 15 is 0 Å². The largest absolute Gasteiger partial charge is 0.489 e. The maximum atomic E-state index is 13.3. The minimum absolute atomic E-state index is 0.0716. The molecule has 1 amide bonds. The van der Waals surface area contributed by atoms with E-state index in [-0.39, 0.29) is 29.5 Å². The first-order valence-electron chi connectivity index (χ1n) is 11.3. The molecule has 2 atom stereocenters. The number of fused-ring (bicyclic) bond motifs is 2. The fraction of sp³-hybridized carbons (Fsp3) is 0.400. The molecule has 5 rings (SSSR count). The zero-order valence-corrected chi connectivity index (χ0v) is 19.0. The van der Waals surface area contributed by atoms with Crippen LogP contribution in [0.25, 0.3) is 5.65 Å². The second-order valence-corrected chi connectivity index (χ2v) is 9.05. The summed E-state index contributed by atoms with van der Waals surface area (Å²) >= 11 is 0. The molecule has 8 heteroatoms. The zero-order chi connectivity index (χ0) is 23.3. The number of carbonyl (C=O) groups excluding carboxylic acids is 3. The average Bonchev–Trinajstić information content (AvgIpc) is 3.24. The standard InChI is InChI=1S/C25H26N4O4/c1-14-6-7-22-18(9-14)21(31)11-23(33-22)17-5-4-8-28(13-17)25(32)20-10-24-26-12-19(16(3)30)15(2)29(24)27-20/h6-7,9-10,12,17,23H,4-5,8,11,13H2,1-3H3/t17-,23+/m1/s1. The van der Waals surface area contributed by atoms with Crippen LogP contribution in [0.2, 0.25) is 0 Å². The van der Waals surface area contributed by atoms with Crippen LogP contribution < -0.4 is 4.74 Å². The first-order chi connectivity index (χ1) is 15.8. The molecule has 0 unspecified atom stereocenters. The average molecular weight is 447 g/mol. The molecule has 0 N–H and O–H groups in total. The summed E-state index contributed by atoms with van der Waals surface area (Å²) in [5.74, 6) is 0.530. The number of likely N-dealkylation sites (tertiary alicyclic amines) is 1. The molecular formula is C25H26N4O4. The fourth-order valence-electron chi connectivity index (χ4n) is 4.88. The van der Waals surface area contributed by atoms with Crippen molar-refractivity contribution in [3.8, 4) is 5.75 Å². The van der Waals surface area contributed by atoms with Gasteiger partial charge in [-0.3, -0.25) is 14.4 Å². The number of piperidine rings is 1. The van der Waals surface area contributed by atoms with E-state index in [0.29, 0.717) is 53.4 Å². The number of amides is 1. The highest BCUT2D eigenvalue weighted by Crippen LogP contribution is 2.34. The molecule has 170 valence electrons. The Bertz CT molecular complexity index is 1300. The number of carbonyl (C=O) groups is 3. The molecule has 2 aliphatic rings. The van der Waals surface area contributed by atoms with Crippen molar-refractivity contribution in [1.82, 2.24) is 19.5 Å². The number of hydrogen-bond donors (Lipinski definition) is 0. The summed E-state index contributed by atoms with van der Waals surface area (Å²) in [5, 5.41) is 4.44. The van der Waals surface area contributed by atoms with Crippen molar-refractivity contribution in [2.75, 3.05) is 13.1 Å². The molecule has 0 saturated carbocycles. The monoisotopic (exact) mass is 446 g/mol. The Morgan fingerprint density at radius 1 is 1.18 bits per heavy atom. The van der Waals surface area contributed by atoms with Crippen LogP contribution in [0, 0.1) is 19.8 Å². The lowest BCUT2D eigenvalue weighted by atomic mass is 9.86. The Morgan fingerprint density at radius 3 is 2.79 bits per heavy atom. The fourth-order valence-corrected chi connectivity index (χ4v) is 4.88. The van der Waals surface area contributed by atoms with Crippen molar-refractivity contribution >= 4 is 23.1 Å². The van der Waals surface area contributed by atoms with Gasteiger partial charge in [-0.15, -0.1) is 0 Å². The molecule has 3 aromatic rings. The van der Waals surface area contributed by atoms with Crippen LogP contribution in [0.3, 0.4) is 0 Å². The number of hydrogen-bond acceptors (Lipinski definition) is 6. The molecule has 2 aliphatic heterocycles. The minimum Gasteiger partial charge on any atom is -0.489 e. The topological polar surface area (TPSA) is 93.9 Å². The minimum atomic E-state index is -0.244. The molecule has 2 aromatic heterocycles. The van der Waals surface area contributed by atoms with Gasteiger partial charge in [0.2, 0.25) is 0 Å². The van der Waals surface area contributed by atoms with Crippen molar-refractivity contribution in [3.05, 3.63) is 58.5 Å². The lowest BCUT2D eigenvalue weighted by Crippen LogP contribution is -2.46. The molecule has 1 aromatic carbocycles. The summed E-state index contributed by atoms with van der Waals surface area (Å²) in [6.45, 7) is 6.38. The number of aryl methyl sites for hydroxylation is 2. The summed E-state index contributed by atoms with van der Waals surface area (Å²) in [7, 11) is 0. The third-order valence-electron chi connectivity index (χ3n) is 6.69. The van der Waals surface area contributed by atoms with Gasteiger partial charge in [0.1, 0.15) is 11.9 Å². The summed E-state index contributed by atoms with van der Waals surface area (Å²) in [6.07, 6.45) is 3.35. The third-order valence-corrected chi connectivity index (χ3v) is 6.69. The summed E-state index contributed by atoms with van der Waals surface area (Å²) < 4.78 is 7.76. The number of rotatable bonds is 3. The van der Waals surface area contributed by atoms with E-state index in [2.05, 4.69) is 10.1 Å². The Hall–Kier alpha value is -3.55. The highest BCUT2D eigenvalue weighted by molar-refractivity contribution is 6.00. The number of Topliss-reactive ketones (excluding diaryl/α,β-unsaturated/α-hetero) is 2. The molecular weight excluding hydrogens is 420 g/mol. The third kappa shape index (κ3) is 3.79. The maximum Gasteiger partial charge on any atom is 0.274 e. The molecule has 8 nitrogen and oxygen atoms in total. The second-order valence-electron chi connectivity index (χ2n) is 9.05. The SMILES string of the molecule is CC(=O)c1cnc2cc(C(=O)N3CCC[C@@H]([C@@H]4CC(=O)c5cc(C)ccc5O4)C3)nn2c1C. The highest BCUT2D eigenvalue weighted by Gasteiger charge is 2.36. The van der Waals surface area contributed by atoms with E-state index < -0.39 is 0 Å². The van der Waals surface area contributed by atoms with Crippen LogP contribution in [0.1, 0.15) is 68.6 Å². The predicted octanol–water partition coefficient (Wildman–Crippen LogP) is 3.43. The van der Waals surface area contributed by atoms with Gasteiger partial charge in [0, 0.05) is 37.7 Å². The van der Waals surface area contributed by atoms with E-state index in [1.165, 1.54) is 13.1 Å². The highest BCUT2D eigenvalue weighted by atomic mass is 16.5. The van der Waals surface area contributed by atoms with Gasteiger partial charge in [0.25, 0.3) is 5.91 Å². The lowest BCUT2D eigenvalue weighted by Gasteiger charge is -2.38. The quantitative estimate of drug-likeness (QED) is 0.572. The summed E-state index contributed by atoms with van der Waals surface area (Å²) in [6, 6.07) is 7.34. The summed E-state index contributed by atoms with van der Waals surface area (Å²) in [4.78, 5) is 43.9. The number of ketones is 2. The van der Waals surface area contributed by atoms with E-state index in [1.54, 1.807) is 22.4 Å². The van der Waals surface area contributed by atoms with Crippen LogP contribution in [0.5, 0.6) is 5.75 Å². The Kier molecular flexibility index (Phi) is 5.23. The Balaban J connectivity index is 1.35. The van der Waals surface area contributed by atoms with Crippen LogP contribution in [0.15, 0.2) is 30.5 Å². The molecule has 1 fully saturated rings. The second kappa shape index (κ2) is 8.10. The van der Waals surface area contributed by atoms with Gasteiger partial charge >= 0.3 is 0 Å². The normalized spacial score (nSPS) is 20.5. The van der Waals surface area contributed by atoms with E-state index in [4.69, 9.17) is 4.74 Å². The number of benzene rings is 1. The van der Waals surface area contributed by atoms with Gasteiger partial charge in [-0.2, -0.15) is 5.10 Å². The van der Waals surface area contributed by atoms with Crippen molar-refractivity contribution in [3.63, 3.8) is 0 Å². The number of nitrogens with zero attached hydrogens (tertiary/aromatic N) is 4.